The normalized spacial score (nSPS) is 9.90. The Labute approximate surface area is 117 Å². The average Bonchev–Trinajstić information content (AvgIpc) is 2.48. The number of methoxy groups -OCH3 is 1. The summed E-state index contributed by atoms with van der Waals surface area (Å²) in [6.45, 7) is 0.417. The summed E-state index contributed by atoms with van der Waals surface area (Å²) in [6.07, 6.45) is 1.62. The summed E-state index contributed by atoms with van der Waals surface area (Å²) in [5, 5.41) is 5.33. The van der Waals surface area contributed by atoms with Gasteiger partial charge in [0, 0.05) is 12.7 Å². The van der Waals surface area contributed by atoms with Gasteiger partial charge in [-0.2, -0.15) is 0 Å². The number of benzene rings is 1. The van der Waals surface area contributed by atoms with Gasteiger partial charge in [-0.15, -0.1) is 0 Å². The van der Waals surface area contributed by atoms with E-state index in [0.717, 1.165) is 5.56 Å². The fourth-order valence-electron chi connectivity index (χ4n) is 1.64. The number of ether oxygens (including phenoxy) is 1. The maximum absolute atomic E-state index is 11.9. The van der Waals surface area contributed by atoms with Gasteiger partial charge in [-0.25, -0.2) is 9.78 Å². The Balaban J connectivity index is 2.01. The lowest BCUT2D eigenvalue weighted by Gasteiger charge is -2.10. The van der Waals surface area contributed by atoms with Gasteiger partial charge in [-0.3, -0.25) is 5.32 Å². The minimum atomic E-state index is -0.387. The van der Waals surface area contributed by atoms with Gasteiger partial charge in [-0.1, -0.05) is 18.2 Å². The van der Waals surface area contributed by atoms with Crippen molar-refractivity contribution >= 4 is 17.5 Å². The molecule has 0 spiro atoms. The number of para-hydroxylation sites is 2. The van der Waals surface area contributed by atoms with Crippen LogP contribution in [0.5, 0.6) is 5.75 Å². The van der Waals surface area contributed by atoms with Crippen LogP contribution in [0.2, 0.25) is 0 Å². The van der Waals surface area contributed by atoms with Gasteiger partial charge < -0.3 is 15.8 Å². The van der Waals surface area contributed by atoms with E-state index in [2.05, 4.69) is 15.6 Å². The molecule has 0 aliphatic rings. The number of hydrogen-bond donors (Lipinski definition) is 3. The lowest BCUT2D eigenvalue weighted by atomic mass is 10.3. The number of nitrogens with two attached hydrogens (primary N) is 1. The predicted octanol–water partition coefficient (Wildman–Crippen LogP) is 2.19. The standard InChI is InChI=1S/C14H16N4O2/c1-20-12-5-3-2-4-11(12)17-14(19)18-13-7-6-10(8-15)9-16-13/h2-7,9H,8,15H2,1H3,(H2,16,17,18,19). The molecule has 20 heavy (non-hydrogen) atoms. The van der Waals surface area contributed by atoms with Gasteiger partial charge in [0.2, 0.25) is 0 Å². The summed E-state index contributed by atoms with van der Waals surface area (Å²) in [4.78, 5) is 16.0. The third kappa shape index (κ3) is 3.46. The van der Waals surface area contributed by atoms with E-state index in [1.54, 1.807) is 31.5 Å². The van der Waals surface area contributed by atoms with Gasteiger partial charge in [-0.05, 0) is 23.8 Å². The lowest BCUT2D eigenvalue weighted by Crippen LogP contribution is -2.20. The number of nitrogens with zero attached hydrogens (tertiary/aromatic N) is 1. The number of hydrogen-bond acceptors (Lipinski definition) is 4. The first-order valence-corrected chi connectivity index (χ1v) is 6.09. The molecule has 0 unspecified atom stereocenters. The first-order valence-electron chi connectivity index (χ1n) is 6.09. The van der Waals surface area contributed by atoms with Crippen LogP contribution in [0.25, 0.3) is 0 Å². The first-order chi connectivity index (χ1) is 9.72. The molecule has 6 heteroatoms. The van der Waals surface area contributed by atoms with Gasteiger partial charge >= 0.3 is 6.03 Å². The smallest absolute Gasteiger partial charge is 0.324 e. The molecular formula is C14H16N4O2. The molecule has 0 aliphatic carbocycles. The first kappa shape index (κ1) is 13.8. The van der Waals surface area contributed by atoms with Crippen LogP contribution in [0, 0.1) is 0 Å². The quantitative estimate of drug-likeness (QED) is 0.796. The van der Waals surface area contributed by atoms with Gasteiger partial charge in [0.1, 0.15) is 11.6 Å². The number of pyridine rings is 1. The monoisotopic (exact) mass is 272 g/mol. The molecule has 6 nitrogen and oxygen atoms in total. The summed E-state index contributed by atoms with van der Waals surface area (Å²) in [5.41, 5.74) is 6.97. The molecule has 1 heterocycles. The van der Waals surface area contributed by atoms with Crippen LogP contribution < -0.4 is 21.1 Å². The lowest BCUT2D eigenvalue weighted by molar-refractivity contribution is 0.262. The Morgan fingerprint density at radius 1 is 1.25 bits per heavy atom. The Morgan fingerprint density at radius 2 is 2.05 bits per heavy atom. The molecule has 0 saturated heterocycles. The number of anilines is 2. The second kappa shape index (κ2) is 6.53. The number of rotatable bonds is 4. The third-order valence-corrected chi connectivity index (χ3v) is 2.66. The van der Waals surface area contributed by atoms with Crippen LogP contribution >= 0.6 is 0 Å². The highest BCUT2D eigenvalue weighted by atomic mass is 16.5. The Hall–Kier alpha value is -2.60. The topological polar surface area (TPSA) is 89.3 Å². The van der Waals surface area contributed by atoms with Gasteiger partial charge in [0.05, 0.1) is 12.8 Å². The van der Waals surface area contributed by atoms with Crippen LogP contribution in [0.4, 0.5) is 16.3 Å². The highest BCUT2D eigenvalue weighted by Gasteiger charge is 2.07. The molecular weight excluding hydrogens is 256 g/mol. The van der Waals surface area contributed by atoms with Crippen molar-refractivity contribution in [3.05, 3.63) is 48.2 Å². The molecule has 4 N–H and O–H groups in total. The van der Waals surface area contributed by atoms with E-state index in [0.29, 0.717) is 23.8 Å². The van der Waals surface area contributed by atoms with Crippen LogP contribution in [0.15, 0.2) is 42.6 Å². The molecule has 2 rings (SSSR count). The number of nitrogens with one attached hydrogen (secondary N) is 2. The molecule has 0 fully saturated rings. The highest BCUT2D eigenvalue weighted by molar-refractivity contribution is 6.00. The van der Waals surface area contributed by atoms with E-state index < -0.39 is 0 Å². The Morgan fingerprint density at radius 3 is 2.70 bits per heavy atom. The molecule has 104 valence electrons. The number of urea groups is 1. The zero-order chi connectivity index (χ0) is 14.4. The van der Waals surface area contributed by atoms with E-state index in [1.165, 1.54) is 0 Å². The summed E-state index contributed by atoms with van der Waals surface area (Å²) in [5.74, 6) is 1.05. The summed E-state index contributed by atoms with van der Waals surface area (Å²) in [7, 11) is 1.55. The maximum Gasteiger partial charge on any atom is 0.324 e. The molecule has 1 aromatic carbocycles. The summed E-state index contributed by atoms with van der Waals surface area (Å²) in [6, 6.07) is 10.3. The van der Waals surface area contributed by atoms with Crippen LogP contribution in [-0.2, 0) is 6.54 Å². The molecule has 0 aliphatic heterocycles. The Bertz CT molecular complexity index is 584. The number of carbonyl (C=O) groups excluding carboxylic acids is 1. The van der Waals surface area contributed by atoms with Crippen molar-refractivity contribution in [3.8, 4) is 5.75 Å². The maximum atomic E-state index is 11.9. The summed E-state index contributed by atoms with van der Waals surface area (Å²) < 4.78 is 5.15. The van der Waals surface area contributed by atoms with Crippen LogP contribution in [0.3, 0.4) is 0 Å². The van der Waals surface area contributed by atoms with Crippen molar-refractivity contribution in [1.82, 2.24) is 4.98 Å². The zero-order valence-electron chi connectivity index (χ0n) is 11.1. The fourth-order valence-corrected chi connectivity index (χ4v) is 1.64. The van der Waals surface area contributed by atoms with E-state index in [-0.39, 0.29) is 6.03 Å². The highest BCUT2D eigenvalue weighted by Crippen LogP contribution is 2.23. The molecule has 1 aromatic heterocycles. The van der Waals surface area contributed by atoms with E-state index >= 15 is 0 Å². The molecule has 0 bridgehead atoms. The van der Waals surface area contributed by atoms with E-state index in [1.807, 2.05) is 18.2 Å². The van der Waals surface area contributed by atoms with Crippen molar-refractivity contribution in [3.63, 3.8) is 0 Å². The van der Waals surface area contributed by atoms with Crippen LogP contribution in [-0.4, -0.2) is 18.1 Å². The van der Waals surface area contributed by atoms with E-state index in [4.69, 9.17) is 10.5 Å². The molecule has 0 atom stereocenters. The second-order valence-corrected chi connectivity index (χ2v) is 4.04. The van der Waals surface area contributed by atoms with Crippen LogP contribution in [0.1, 0.15) is 5.56 Å². The number of carbonyl (C=O) groups is 1. The molecule has 0 saturated carbocycles. The molecule has 0 radical (unpaired) electrons. The van der Waals surface area contributed by atoms with Gasteiger partial charge in [0.15, 0.2) is 0 Å². The number of aromatic nitrogens is 1. The SMILES string of the molecule is COc1ccccc1NC(=O)Nc1ccc(CN)cn1. The van der Waals surface area contributed by atoms with Crippen molar-refractivity contribution in [1.29, 1.82) is 0 Å². The minimum absolute atomic E-state index is 0.387. The van der Waals surface area contributed by atoms with E-state index in [9.17, 15) is 4.79 Å². The van der Waals surface area contributed by atoms with Crippen molar-refractivity contribution in [2.24, 2.45) is 5.73 Å². The predicted molar refractivity (Wildman–Crippen MR) is 77.8 cm³/mol. The van der Waals surface area contributed by atoms with Gasteiger partial charge in [0.25, 0.3) is 0 Å². The third-order valence-electron chi connectivity index (χ3n) is 2.66. The second-order valence-electron chi connectivity index (χ2n) is 4.04. The Kier molecular flexibility index (Phi) is 4.52. The number of amides is 2. The van der Waals surface area contributed by atoms with Crippen molar-refractivity contribution in [2.75, 3.05) is 17.7 Å². The van der Waals surface area contributed by atoms with Crippen molar-refractivity contribution < 1.29 is 9.53 Å². The molecule has 2 amide bonds. The van der Waals surface area contributed by atoms with Crippen molar-refractivity contribution in [2.45, 2.75) is 6.54 Å². The average molecular weight is 272 g/mol. The largest absolute Gasteiger partial charge is 0.495 e. The summed E-state index contributed by atoms with van der Waals surface area (Å²) >= 11 is 0. The fraction of sp³-hybridized carbons (Fsp3) is 0.143. The molecule has 2 aromatic rings. The zero-order valence-corrected chi connectivity index (χ0v) is 11.1. The minimum Gasteiger partial charge on any atom is -0.495 e.